The van der Waals surface area contributed by atoms with E-state index in [0.29, 0.717) is 24.7 Å². The molecule has 1 saturated heterocycles. The summed E-state index contributed by atoms with van der Waals surface area (Å²) in [7, 11) is -1.58. The molecule has 2 N–H and O–H groups in total. The Morgan fingerprint density at radius 2 is 2.19 bits per heavy atom. The molecule has 0 aromatic heterocycles. The van der Waals surface area contributed by atoms with E-state index in [1.807, 2.05) is 26.1 Å². The molecule has 21 heavy (non-hydrogen) atoms. The molecule has 1 heterocycles. The Morgan fingerprint density at radius 1 is 1.43 bits per heavy atom. The van der Waals surface area contributed by atoms with Crippen LogP contribution in [-0.2, 0) is 10.2 Å². The van der Waals surface area contributed by atoms with Crippen LogP contribution in [0.5, 0.6) is 0 Å². The Morgan fingerprint density at radius 3 is 2.86 bits per heavy atom. The van der Waals surface area contributed by atoms with Gasteiger partial charge in [-0.15, -0.1) is 0 Å². The Balaban J connectivity index is 2.10. The molecule has 118 valence electrons. The maximum Gasteiger partial charge on any atom is 0.301 e. The summed E-state index contributed by atoms with van der Waals surface area (Å²) in [6.07, 6.45) is 1.98. The van der Waals surface area contributed by atoms with Crippen LogP contribution in [0.4, 0.5) is 5.69 Å². The van der Waals surface area contributed by atoms with Gasteiger partial charge in [0.1, 0.15) is 0 Å². The minimum Gasteiger partial charge on any atom is -0.319 e. The van der Waals surface area contributed by atoms with Gasteiger partial charge in [-0.05, 0) is 63.0 Å². The zero-order valence-corrected chi connectivity index (χ0v) is 14.8. The van der Waals surface area contributed by atoms with Crippen LogP contribution < -0.4 is 10.0 Å². The molecular weight excluding hydrogens is 354 g/mol. The normalized spacial score (nSPS) is 20.4. The van der Waals surface area contributed by atoms with Crippen molar-refractivity contribution >= 4 is 31.8 Å². The maximum atomic E-state index is 12.5. The number of benzene rings is 1. The lowest BCUT2D eigenvalue weighted by Crippen LogP contribution is -2.44. The van der Waals surface area contributed by atoms with E-state index in [1.165, 1.54) is 0 Å². The zero-order valence-electron chi connectivity index (χ0n) is 12.4. The Hall–Kier alpha value is -0.630. The molecule has 1 aromatic rings. The number of rotatable bonds is 5. The number of hydrogen-bond acceptors (Lipinski definition) is 3. The first-order chi connectivity index (χ1) is 9.92. The summed E-state index contributed by atoms with van der Waals surface area (Å²) in [5.41, 5.74) is 1.53. The van der Waals surface area contributed by atoms with Crippen LogP contribution in [0.1, 0.15) is 18.4 Å². The highest BCUT2D eigenvalue weighted by Gasteiger charge is 2.28. The standard InChI is InChI=1S/C14H22BrN3O2S/c1-11-8-13(15)5-6-14(11)17-21(19,20)18-7-3-4-12(10-18)9-16-2/h5-6,8,12,16-17H,3-4,7,9-10H2,1-2H3. The smallest absolute Gasteiger partial charge is 0.301 e. The number of nitrogens with zero attached hydrogens (tertiary/aromatic N) is 1. The molecule has 1 aliphatic heterocycles. The van der Waals surface area contributed by atoms with Crippen LogP contribution in [0.3, 0.4) is 0 Å². The summed E-state index contributed by atoms with van der Waals surface area (Å²) in [6.45, 7) is 3.91. The van der Waals surface area contributed by atoms with Gasteiger partial charge in [-0.3, -0.25) is 4.72 Å². The van der Waals surface area contributed by atoms with Gasteiger partial charge in [-0.2, -0.15) is 12.7 Å². The Labute approximate surface area is 135 Å². The van der Waals surface area contributed by atoms with E-state index in [0.717, 1.165) is 29.4 Å². The van der Waals surface area contributed by atoms with Gasteiger partial charge in [0.15, 0.2) is 0 Å². The third-order valence-electron chi connectivity index (χ3n) is 3.74. The van der Waals surface area contributed by atoms with Crippen LogP contribution in [0.2, 0.25) is 0 Å². The summed E-state index contributed by atoms with van der Waals surface area (Å²) < 4.78 is 30.2. The largest absolute Gasteiger partial charge is 0.319 e. The van der Waals surface area contributed by atoms with Crippen LogP contribution in [0, 0.1) is 12.8 Å². The second-order valence-corrected chi connectivity index (χ2v) is 8.08. The lowest BCUT2D eigenvalue weighted by atomic mass is 10.00. The van der Waals surface area contributed by atoms with Crippen molar-refractivity contribution in [2.45, 2.75) is 19.8 Å². The van der Waals surface area contributed by atoms with Gasteiger partial charge in [-0.1, -0.05) is 15.9 Å². The molecule has 7 heteroatoms. The van der Waals surface area contributed by atoms with Crippen molar-refractivity contribution in [3.05, 3.63) is 28.2 Å². The molecule has 0 radical (unpaired) electrons. The summed E-state index contributed by atoms with van der Waals surface area (Å²) in [5.74, 6) is 0.381. The number of nitrogens with one attached hydrogen (secondary N) is 2. The van der Waals surface area contributed by atoms with Crippen LogP contribution in [0.15, 0.2) is 22.7 Å². The summed E-state index contributed by atoms with van der Waals surface area (Å²) >= 11 is 3.38. The topological polar surface area (TPSA) is 61.4 Å². The molecule has 0 bridgehead atoms. The molecule has 1 atom stereocenters. The molecule has 0 spiro atoms. The predicted molar refractivity (Wildman–Crippen MR) is 89.6 cm³/mol. The lowest BCUT2D eigenvalue weighted by molar-refractivity contribution is 0.264. The molecule has 0 amide bonds. The van der Waals surface area contributed by atoms with Crippen molar-refractivity contribution in [1.29, 1.82) is 0 Å². The maximum absolute atomic E-state index is 12.5. The fourth-order valence-electron chi connectivity index (χ4n) is 2.65. The van der Waals surface area contributed by atoms with Gasteiger partial charge < -0.3 is 5.32 Å². The third-order valence-corrected chi connectivity index (χ3v) is 5.72. The first-order valence-electron chi connectivity index (χ1n) is 7.11. The minimum absolute atomic E-state index is 0.381. The van der Waals surface area contributed by atoms with E-state index in [9.17, 15) is 8.42 Å². The van der Waals surface area contributed by atoms with Gasteiger partial charge in [0.05, 0.1) is 5.69 Å². The Kier molecular flexibility index (Phi) is 5.65. The van der Waals surface area contributed by atoms with Crippen molar-refractivity contribution in [3.8, 4) is 0 Å². The van der Waals surface area contributed by atoms with Gasteiger partial charge in [0, 0.05) is 17.6 Å². The molecule has 0 aliphatic carbocycles. The van der Waals surface area contributed by atoms with Gasteiger partial charge >= 0.3 is 10.2 Å². The highest BCUT2D eigenvalue weighted by Crippen LogP contribution is 2.24. The molecule has 1 fully saturated rings. The fourth-order valence-corrected chi connectivity index (χ4v) is 4.53. The number of hydrogen-bond donors (Lipinski definition) is 2. The molecular formula is C14H22BrN3O2S. The zero-order chi connectivity index (χ0) is 15.5. The average molecular weight is 376 g/mol. The van der Waals surface area contributed by atoms with E-state index in [-0.39, 0.29) is 0 Å². The SMILES string of the molecule is CNCC1CCCN(S(=O)(=O)Nc2ccc(Br)cc2C)C1. The summed E-state index contributed by atoms with van der Waals surface area (Å²) in [6, 6.07) is 5.52. The molecule has 1 aliphatic rings. The van der Waals surface area contributed by atoms with E-state index in [4.69, 9.17) is 0 Å². The van der Waals surface area contributed by atoms with E-state index >= 15 is 0 Å². The number of aryl methyl sites for hydroxylation is 1. The summed E-state index contributed by atoms with van der Waals surface area (Å²) in [5, 5.41) is 3.13. The van der Waals surface area contributed by atoms with Crippen LogP contribution in [0.25, 0.3) is 0 Å². The minimum atomic E-state index is -3.48. The second kappa shape index (κ2) is 7.09. The van der Waals surface area contributed by atoms with Crippen molar-refractivity contribution in [1.82, 2.24) is 9.62 Å². The van der Waals surface area contributed by atoms with Crippen molar-refractivity contribution in [2.24, 2.45) is 5.92 Å². The number of anilines is 1. The van der Waals surface area contributed by atoms with Crippen molar-refractivity contribution in [2.75, 3.05) is 31.4 Å². The molecule has 1 aromatic carbocycles. The van der Waals surface area contributed by atoms with Crippen molar-refractivity contribution in [3.63, 3.8) is 0 Å². The quantitative estimate of drug-likeness (QED) is 0.829. The van der Waals surface area contributed by atoms with E-state index in [2.05, 4.69) is 26.0 Å². The molecule has 5 nitrogen and oxygen atoms in total. The molecule has 1 unspecified atom stereocenters. The van der Waals surface area contributed by atoms with Crippen molar-refractivity contribution < 1.29 is 8.42 Å². The molecule has 0 saturated carbocycles. The van der Waals surface area contributed by atoms with Gasteiger partial charge in [0.25, 0.3) is 0 Å². The van der Waals surface area contributed by atoms with E-state index in [1.54, 1.807) is 10.4 Å². The highest BCUT2D eigenvalue weighted by molar-refractivity contribution is 9.10. The fraction of sp³-hybridized carbons (Fsp3) is 0.571. The van der Waals surface area contributed by atoms with Gasteiger partial charge in [-0.25, -0.2) is 0 Å². The van der Waals surface area contributed by atoms with Crippen LogP contribution in [-0.4, -0.2) is 39.4 Å². The lowest BCUT2D eigenvalue weighted by Gasteiger charge is -2.32. The first-order valence-corrected chi connectivity index (χ1v) is 9.34. The highest BCUT2D eigenvalue weighted by atomic mass is 79.9. The van der Waals surface area contributed by atoms with E-state index < -0.39 is 10.2 Å². The van der Waals surface area contributed by atoms with Crippen LogP contribution >= 0.6 is 15.9 Å². The molecule has 2 rings (SSSR count). The predicted octanol–water partition coefficient (Wildman–Crippen LogP) is 2.35. The second-order valence-electron chi connectivity index (χ2n) is 5.49. The van der Waals surface area contributed by atoms with Gasteiger partial charge in [0.2, 0.25) is 0 Å². The third kappa shape index (κ3) is 4.42. The average Bonchev–Trinajstić information content (AvgIpc) is 2.43. The monoisotopic (exact) mass is 375 g/mol. The number of piperidine rings is 1. The first kappa shape index (κ1) is 16.7. The number of halogens is 1. The Bertz CT molecular complexity index is 590. The summed E-state index contributed by atoms with van der Waals surface area (Å²) in [4.78, 5) is 0.